The van der Waals surface area contributed by atoms with Gasteiger partial charge in [0.25, 0.3) is 0 Å². The first kappa shape index (κ1) is 9.38. The van der Waals surface area contributed by atoms with E-state index in [2.05, 4.69) is 0 Å². The highest BCUT2D eigenvalue weighted by molar-refractivity contribution is 7.99. The summed E-state index contributed by atoms with van der Waals surface area (Å²) in [5.74, 6) is 1.21. The van der Waals surface area contributed by atoms with Crippen molar-refractivity contribution < 1.29 is 5.11 Å². The van der Waals surface area contributed by atoms with Crippen molar-refractivity contribution in [3.05, 3.63) is 28.8 Å². The first-order valence-corrected chi connectivity index (χ1v) is 5.65. The molecule has 1 nitrogen and oxygen atoms in total. The van der Waals surface area contributed by atoms with E-state index < -0.39 is 0 Å². The van der Waals surface area contributed by atoms with Gasteiger partial charge in [0.15, 0.2) is 0 Å². The lowest BCUT2D eigenvalue weighted by molar-refractivity contribution is 0.171. The minimum atomic E-state index is -0.285. The van der Waals surface area contributed by atoms with Gasteiger partial charge in [0.1, 0.15) is 0 Å². The molecule has 1 aliphatic heterocycles. The average Bonchev–Trinajstić information content (AvgIpc) is 2.46. The van der Waals surface area contributed by atoms with Crippen LogP contribution in [-0.4, -0.2) is 17.0 Å². The Kier molecular flexibility index (Phi) is 2.54. The zero-order valence-corrected chi connectivity index (χ0v) is 8.90. The smallest absolute Gasteiger partial charge is 0.0589 e. The minimum absolute atomic E-state index is 0.249. The second kappa shape index (κ2) is 3.52. The molecule has 3 heteroatoms. The molecule has 70 valence electrons. The van der Waals surface area contributed by atoms with Crippen molar-refractivity contribution in [3.8, 4) is 0 Å². The third-order valence-electron chi connectivity index (χ3n) is 2.37. The lowest BCUT2D eigenvalue weighted by Gasteiger charge is -2.13. The van der Waals surface area contributed by atoms with Gasteiger partial charge >= 0.3 is 0 Å². The molecule has 1 aromatic rings. The maximum Gasteiger partial charge on any atom is 0.0589 e. The van der Waals surface area contributed by atoms with Crippen LogP contribution in [0.3, 0.4) is 0 Å². The predicted octanol–water partition coefficient (Wildman–Crippen LogP) is 2.91. The fourth-order valence-corrected chi connectivity index (χ4v) is 3.15. The quantitative estimate of drug-likeness (QED) is 0.776. The van der Waals surface area contributed by atoms with Gasteiger partial charge in [-0.05, 0) is 30.7 Å². The lowest BCUT2D eigenvalue weighted by Crippen LogP contribution is -2.13. The number of hydrogen-bond donors (Lipinski definition) is 1. The van der Waals surface area contributed by atoms with Crippen molar-refractivity contribution in [2.24, 2.45) is 0 Å². The number of hydrogen-bond acceptors (Lipinski definition) is 2. The first-order valence-electron chi connectivity index (χ1n) is 4.29. The van der Waals surface area contributed by atoms with Gasteiger partial charge < -0.3 is 5.11 Å². The monoisotopic (exact) mass is 214 g/mol. The van der Waals surface area contributed by atoms with Crippen LogP contribution in [0.4, 0.5) is 0 Å². The molecule has 1 N–H and O–H groups in total. The third kappa shape index (κ3) is 1.71. The Morgan fingerprint density at radius 2 is 2.38 bits per heavy atom. The van der Waals surface area contributed by atoms with Crippen LogP contribution in [0.2, 0.25) is 5.02 Å². The molecule has 0 radical (unpaired) electrons. The van der Waals surface area contributed by atoms with Crippen LogP contribution in [0.1, 0.15) is 18.4 Å². The van der Waals surface area contributed by atoms with Crippen LogP contribution < -0.4 is 0 Å². The largest absolute Gasteiger partial charge is 0.393 e. The SMILES string of the molecule is CC(O)C1CSc2ccc(Cl)cc21. The summed E-state index contributed by atoms with van der Waals surface area (Å²) in [6.45, 7) is 1.83. The van der Waals surface area contributed by atoms with Crippen molar-refractivity contribution in [2.75, 3.05) is 5.75 Å². The molecular weight excluding hydrogens is 204 g/mol. The molecule has 1 heterocycles. The number of rotatable bonds is 1. The normalized spacial score (nSPS) is 22.8. The molecule has 0 spiro atoms. The minimum Gasteiger partial charge on any atom is -0.393 e. The summed E-state index contributed by atoms with van der Waals surface area (Å²) in [6.07, 6.45) is -0.285. The Balaban J connectivity index is 2.40. The standard InChI is InChI=1S/C10H11ClOS/c1-6(12)9-5-13-10-3-2-7(11)4-8(9)10/h2-4,6,9,12H,5H2,1H3. The third-order valence-corrected chi connectivity index (χ3v) is 3.82. The molecule has 13 heavy (non-hydrogen) atoms. The Bertz CT molecular complexity index is 325. The fraction of sp³-hybridized carbons (Fsp3) is 0.400. The van der Waals surface area contributed by atoms with E-state index in [-0.39, 0.29) is 12.0 Å². The first-order chi connectivity index (χ1) is 6.18. The van der Waals surface area contributed by atoms with Crippen LogP contribution in [0.25, 0.3) is 0 Å². The maximum atomic E-state index is 9.53. The molecule has 1 aliphatic rings. The van der Waals surface area contributed by atoms with Crippen LogP contribution in [0, 0.1) is 0 Å². The summed E-state index contributed by atoms with van der Waals surface area (Å²) < 4.78 is 0. The Morgan fingerprint density at radius 3 is 3.08 bits per heavy atom. The second-order valence-corrected chi connectivity index (χ2v) is 4.84. The van der Waals surface area contributed by atoms with Gasteiger partial charge in [-0.3, -0.25) is 0 Å². The highest BCUT2D eigenvalue weighted by atomic mass is 35.5. The van der Waals surface area contributed by atoms with E-state index in [1.54, 1.807) is 11.8 Å². The zero-order chi connectivity index (χ0) is 9.42. The Hall–Kier alpha value is -0.180. The molecule has 0 aliphatic carbocycles. The van der Waals surface area contributed by atoms with Crippen molar-refractivity contribution in [1.82, 2.24) is 0 Å². The van der Waals surface area contributed by atoms with Gasteiger partial charge in [0.05, 0.1) is 6.10 Å². The molecule has 0 saturated heterocycles. The number of aliphatic hydroxyl groups excluding tert-OH is 1. The molecule has 0 saturated carbocycles. The number of benzene rings is 1. The molecule has 2 unspecified atom stereocenters. The van der Waals surface area contributed by atoms with Crippen molar-refractivity contribution in [2.45, 2.75) is 23.8 Å². The lowest BCUT2D eigenvalue weighted by atomic mass is 9.97. The molecule has 0 bridgehead atoms. The topological polar surface area (TPSA) is 20.2 Å². The summed E-state index contributed by atoms with van der Waals surface area (Å²) in [6, 6.07) is 5.90. The Morgan fingerprint density at radius 1 is 1.62 bits per heavy atom. The highest BCUT2D eigenvalue weighted by Gasteiger charge is 2.26. The van der Waals surface area contributed by atoms with Crippen LogP contribution in [-0.2, 0) is 0 Å². The van der Waals surface area contributed by atoms with Crippen LogP contribution >= 0.6 is 23.4 Å². The summed E-state index contributed by atoms with van der Waals surface area (Å²) in [5.41, 5.74) is 1.20. The maximum absolute atomic E-state index is 9.53. The number of halogens is 1. The van der Waals surface area contributed by atoms with Crippen molar-refractivity contribution in [3.63, 3.8) is 0 Å². The average molecular weight is 215 g/mol. The zero-order valence-electron chi connectivity index (χ0n) is 7.33. The van der Waals surface area contributed by atoms with E-state index in [0.717, 1.165) is 10.8 Å². The summed E-state index contributed by atoms with van der Waals surface area (Å²) >= 11 is 7.70. The van der Waals surface area contributed by atoms with Crippen molar-refractivity contribution >= 4 is 23.4 Å². The second-order valence-electron chi connectivity index (χ2n) is 3.34. The van der Waals surface area contributed by atoms with Gasteiger partial charge in [-0.25, -0.2) is 0 Å². The van der Waals surface area contributed by atoms with Gasteiger partial charge in [0.2, 0.25) is 0 Å². The highest BCUT2D eigenvalue weighted by Crippen LogP contribution is 2.42. The molecule has 0 fully saturated rings. The fourth-order valence-electron chi connectivity index (χ4n) is 1.61. The number of fused-ring (bicyclic) bond motifs is 1. The van der Waals surface area contributed by atoms with Gasteiger partial charge in [-0.2, -0.15) is 0 Å². The molecule has 2 rings (SSSR count). The number of thioether (sulfide) groups is 1. The van der Waals surface area contributed by atoms with E-state index in [1.807, 2.05) is 25.1 Å². The van der Waals surface area contributed by atoms with E-state index in [1.165, 1.54) is 10.5 Å². The van der Waals surface area contributed by atoms with E-state index in [0.29, 0.717) is 0 Å². The van der Waals surface area contributed by atoms with Gasteiger partial charge in [-0.15, -0.1) is 11.8 Å². The summed E-state index contributed by atoms with van der Waals surface area (Å²) in [5, 5.41) is 10.3. The van der Waals surface area contributed by atoms with E-state index in [9.17, 15) is 5.11 Å². The van der Waals surface area contributed by atoms with Crippen LogP contribution in [0.5, 0.6) is 0 Å². The van der Waals surface area contributed by atoms with E-state index in [4.69, 9.17) is 11.6 Å². The van der Waals surface area contributed by atoms with Crippen molar-refractivity contribution in [1.29, 1.82) is 0 Å². The van der Waals surface area contributed by atoms with Gasteiger partial charge in [0, 0.05) is 21.6 Å². The molecule has 0 amide bonds. The van der Waals surface area contributed by atoms with E-state index >= 15 is 0 Å². The molecule has 2 atom stereocenters. The predicted molar refractivity (Wildman–Crippen MR) is 56.6 cm³/mol. The number of aliphatic hydroxyl groups is 1. The summed E-state index contributed by atoms with van der Waals surface area (Å²) in [7, 11) is 0. The van der Waals surface area contributed by atoms with Gasteiger partial charge in [-0.1, -0.05) is 11.6 Å². The molecular formula is C10H11ClOS. The summed E-state index contributed by atoms with van der Waals surface area (Å²) in [4.78, 5) is 1.26. The Labute approximate surface area is 87.1 Å². The molecule has 0 aromatic heterocycles. The molecule has 1 aromatic carbocycles. The van der Waals surface area contributed by atoms with Crippen LogP contribution in [0.15, 0.2) is 23.1 Å².